The molecule has 1 unspecified atom stereocenters. The van der Waals surface area contributed by atoms with Crippen molar-refractivity contribution < 1.29 is 4.74 Å². The molecule has 0 fully saturated rings. The summed E-state index contributed by atoms with van der Waals surface area (Å²) in [5.74, 6) is 1.43. The number of hydrogen-bond acceptors (Lipinski definition) is 2. The molecule has 2 heteroatoms. The lowest BCUT2D eigenvalue weighted by atomic mass is 9.89. The van der Waals surface area contributed by atoms with Gasteiger partial charge in [-0.1, -0.05) is 13.5 Å². The molecule has 2 nitrogen and oxygen atoms in total. The number of rotatable bonds is 1. The van der Waals surface area contributed by atoms with Crippen molar-refractivity contribution in [3.8, 4) is 5.75 Å². The molecule has 0 saturated carbocycles. The minimum atomic E-state index is 0.524. The summed E-state index contributed by atoms with van der Waals surface area (Å²) in [6, 6.07) is 6.17. The Morgan fingerprint density at radius 3 is 2.87 bits per heavy atom. The van der Waals surface area contributed by atoms with Crippen molar-refractivity contribution in [3.63, 3.8) is 0 Å². The van der Waals surface area contributed by atoms with Crippen molar-refractivity contribution in [1.29, 1.82) is 0 Å². The zero-order chi connectivity index (χ0) is 11.0. The summed E-state index contributed by atoms with van der Waals surface area (Å²) in [6.07, 6.45) is 0. The fourth-order valence-electron chi connectivity index (χ4n) is 2.11. The van der Waals surface area contributed by atoms with Crippen LogP contribution in [0, 0.1) is 5.92 Å². The van der Waals surface area contributed by atoms with E-state index in [4.69, 9.17) is 4.74 Å². The molecular formula is C13H17NO. The van der Waals surface area contributed by atoms with E-state index in [0.717, 1.165) is 12.3 Å². The second-order valence-electron chi connectivity index (χ2n) is 4.19. The molecule has 0 aromatic heterocycles. The van der Waals surface area contributed by atoms with Crippen molar-refractivity contribution in [2.45, 2.75) is 6.92 Å². The third kappa shape index (κ3) is 1.60. The highest BCUT2D eigenvalue weighted by Gasteiger charge is 2.22. The third-order valence-corrected chi connectivity index (χ3v) is 3.10. The first-order chi connectivity index (χ1) is 7.13. The summed E-state index contributed by atoms with van der Waals surface area (Å²) >= 11 is 0. The van der Waals surface area contributed by atoms with Crippen LogP contribution in [0.5, 0.6) is 5.75 Å². The fraction of sp³-hybridized carbons (Fsp3) is 0.385. The first kappa shape index (κ1) is 10.1. The second-order valence-corrected chi connectivity index (χ2v) is 4.19. The van der Waals surface area contributed by atoms with Gasteiger partial charge in [0, 0.05) is 30.9 Å². The van der Waals surface area contributed by atoms with Gasteiger partial charge in [0.1, 0.15) is 5.75 Å². The molecule has 1 aliphatic heterocycles. The van der Waals surface area contributed by atoms with Gasteiger partial charge in [-0.25, -0.2) is 0 Å². The van der Waals surface area contributed by atoms with E-state index in [-0.39, 0.29) is 0 Å². The lowest BCUT2D eigenvalue weighted by Crippen LogP contribution is -2.29. The number of fused-ring (bicyclic) bond motifs is 1. The molecule has 80 valence electrons. The second kappa shape index (κ2) is 3.61. The molecule has 0 saturated heterocycles. The van der Waals surface area contributed by atoms with Crippen LogP contribution < -0.4 is 9.64 Å². The Bertz CT molecular complexity index is 398. The number of anilines is 1. The molecule has 0 aliphatic carbocycles. The maximum atomic E-state index is 5.23. The Morgan fingerprint density at radius 1 is 1.47 bits per heavy atom. The molecular weight excluding hydrogens is 186 g/mol. The highest BCUT2D eigenvalue weighted by atomic mass is 16.5. The van der Waals surface area contributed by atoms with Crippen LogP contribution in [-0.4, -0.2) is 20.7 Å². The van der Waals surface area contributed by atoms with E-state index in [1.807, 2.05) is 6.07 Å². The van der Waals surface area contributed by atoms with Crippen LogP contribution in [0.1, 0.15) is 12.5 Å². The fourth-order valence-corrected chi connectivity index (χ4v) is 2.11. The summed E-state index contributed by atoms with van der Waals surface area (Å²) in [6.45, 7) is 7.40. The van der Waals surface area contributed by atoms with Crippen LogP contribution in [0.15, 0.2) is 24.8 Å². The Balaban J connectivity index is 2.51. The third-order valence-electron chi connectivity index (χ3n) is 3.10. The van der Waals surface area contributed by atoms with Gasteiger partial charge in [-0.3, -0.25) is 0 Å². The average molecular weight is 203 g/mol. The highest BCUT2D eigenvalue weighted by Crippen LogP contribution is 2.37. The highest BCUT2D eigenvalue weighted by molar-refractivity contribution is 5.80. The first-order valence-electron chi connectivity index (χ1n) is 5.22. The topological polar surface area (TPSA) is 12.5 Å². The van der Waals surface area contributed by atoms with E-state index < -0.39 is 0 Å². The van der Waals surface area contributed by atoms with E-state index in [0.29, 0.717) is 5.92 Å². The lowest BCUT2D eigenvalue weighted by Gasteiger charge is -2.33. The molecule has 1 aromatic carbocycles. The number of nitrogens with zero attached hydrogens (tertiary/aromatic N) is 1. The van der Waals surface area contributed by atoms with Gasteiger partial charge in [-0.2, -0.15) is 0 Å². The average Bonchev–Trinajstić information content (AvgIpc) is 2.25. The maximum Gasteiger partial charge on any atom is 0.120 e. The molecule has 1 atom stereocenters. The molecule has 0 spiro atoms. The summed E-state index contributed by atoms with van der Waals surface area (Å²) in [5, 5.41) is 0. The molecule has 0 amide bonds. The van der Waals surface area contributed by atoms with Crippen LogP contribution >= 0.6 is 0 Å². The lowest BCUT2D eigenvalue weighted by molar-refractivity contribution is 0.414. The zero-order valence-corrected chi connectivity index (χ0v) is 9.58. The Hall–Kier alpha value is -1.44. The molecule has 0 bridgehead atoms. The van der Waals surface area contributed by atoms with Crippen LogP contribution in [0.4, 0.5) is 5.69 Å². The number of hydrogen-bond donors (Lipinski definition) is 0. The van der Waals surface area contributed by atoms with Gasteiger partial charge < -0.3 is 9.64 Å². The van der Waals surface area contributed by atoms with Crippen LogP contribution in [0.25, 0.3) is 5.57 Å². The Kier molecular flexibility index (Phi) is 2.43. The van der Waals surface area contributed by atoms with Crippen molar-refractivity contribution in [3.05, 3.63) is 30.3 Å². The SMILES string of the molecule is C=C1c2ccc(OC)cc2N(C)CC1C. The van der Waals surface area contributed by atoms with Gasteiger partial charge in [-0.15, -0.1) is 0 Å². The maximum absolute atomic E-state index is 5.23. The minimum Gasteiger partial charge on any atom is -0.497 e. The monoisotopic (exact) mass is 203 g/mol. The zero-order valence-electron chi connectivity index (χ0n) is 9.58. The minimum absolute atomic E-state index is 0.524. The number of benzene rings is 1. The molecule has 1 aliphatic rings. The Labute approximate surface area is 91.2 Å². The van der Waals surface area contributed by atoms with E-state index in [1.54, 1.807) is 7.11 Å². The largest absolute Gasteiger partial charge is 0.497 e. The van der Waals surface area contributed by atoms with Crippen LogP contribution in [0.2, 0.25) is 0 Å². The molecule has 15 heavy (non-hydrogen) atoms. The van der Waals surface area contributed by atoms with Gasteiger partial charge in [-0.05, 0) is 23.6 Å². The predicted octanol–water partition coefficient (Wildman–Crippen LogP) is 2.79. The van der Waals surface area contributed by atoms with Crippen molar-refractivity contribution in [1.82, 2.24) is 0 Å². The normalized spacial score (nSPS) is 20.1. The molecule has 2 rings (SSSR count). The predicted molar refractivity (Wildman–Crippen MR) is 64.5 cm³/mol. The summed E-state index contributed by atoms with van der Waals surface area (Å²) < 4.78 is 5.23. The van der Waals surface area contributed by atoms with Gasteiger partial charge in [0.2, 0.25) is 0 Å². The van der Waals surface area contributed by atoms with E-state index in [9.17, 15) is 0 Å². The van der Waals surface area contributed by atoms with Crippen molar-refractivity contribution in [2.24, 2.45) is 5.92 Å². The van der Waals surface area contributed by atoms with E-state index >= 15 is 0 Å². The molecule has 1 heterocycles. The van der Waals surface area contributed by atoms with Gasteiger partial charge in [0.15, 0.2) is 0 Å². The van der Waals surface area contributed by atoms with E-state index in [2.05, 4.69) is 37.6 Å². The van der Waals surface area contributed by atoms with Crippen molar-refractivity contribution in [2.75, 3.05) is 25.6 Å². The summed E-state index contributed by atoms with van der Waals surface area (Å²) in [5.41, 5.74) is 3.69. The van der Waals surface area contributed by atoms with Crippen molar-refractivity contribution >= 4 is 11.3 Å². The van der Waals surface area contributed by atoms with Gasteiger partial charge in [0.25, 0.3) is 0 Å². The molecule has 0 radical (unpaired) electrons. The quantitative estimate of drug-likeness (QED) is 0.696. The summed E-state index contributed by atoms with van der Waals surface area (Å²) in [4.78, 5) is 2.26. The Morgan fingerprint density at radius 2 is 2.20 bits per heavy atom. The number of methoxy groups -OCH3 is 1. The molecule has 0 N–H and O–H groups in total. The first-order valence-corrected chi connectivity index (χ1v) is 5.22. The number of ether oxygens (including phenoxy) is 1. The van der Waals surface area contributed by atoms with Crippen LogP contribution in [-0.2, 0) is 0 Å². The van der Waals surface area contributed by atoms with E-state index in [1.165, 1.54) is 16.8 Å². The summed E-state index contributed by atoms with van der Waals surface area (Å²) in [7, 11) is 3.81. The van der Waals surface area contributed by atoms with Gasteiger partial charge in [0.05, 0.1) is 7.11 Å². The smallest absolute Gasteiger partial charge is 0.120 e. The van der Waals surface area contributed by atoms with Gasteiger partial charge >= 0.3 is 0 Å². The molecule has 1 aromatic rings. The van der Waals surface area contributed by atoms with Crippen LogP contribution in [0.3, 0.4) is 0 Å². The standard InChI is InChI=1S/C13H17NO/c1-9-8-14(3)13-7-11(15-4)5-6-12(13)10(9)2/h5-7,9H,2,8H2,1,3-4H3.